The van der Waals surface area contributed by atoms with Crippen molar-refractivity contribution >= 4 is 17.3 Å². The van der Waals surface area contributed by atoms with Crippen molar-refractivity contribution in [3.05, 3.63) is 41.2 Å². The third kappa shape index (κ3) is 3.40. The van der Waals surface area contributed by atoms with Crippen LogP contribution in [-0.2, 0) is 6.54 Å². The minimum Gasteiger partial charge on any atom is -0.491 e. The van der Waals surface area contributed by atoms with Crippen molar-refractivity contribution in [3.8, 4) is 5.75 Å². The van der Waals surface area contributed by atoms with E-state index in [9.17, 15) is 0 Å². The van der Waals surface area contributed by atoms with Gasteiger partial charge in [-0.25, -0.2) is 0 Å². The smallest absolute Gasteiger partial charge is 0.142 e. The molecule has 1 aromatic carbocycles. The molecule has 0 unspecified atom stereocenters. The zero-order valence-electron chi connectivity index (χ0n) is 10.2. The summed E-state index contributed by atoms with van der Waals surface area (Å²) >= 11 is 6.00. The minimum absolute atomic E-state index is 0.656. The first-order chi connectivity index (χ1) is 8.79. The first-order valence-electron chi connectivity index (χ1n) is 5.94. The number of aromatic nitrogens is 2. The molecule has 0 bridgehead atoms. The molecule has 2 N–H and O–H groups in total. The average Bonchev–Trinajstić information content (AvgIpc) is 2.88. The summed E-state index contributed by atoms with van der Waals surface area (Å²) < 4.78 is 5.66. The molecule has 2 aromatic rings. The van der Waals surface area contributed by atoms with E-state index >= 15 is 0 Å². The summed E-state index contributed by atoms with van der Waals surface area (Å²) in [6, 6.07) is 7.49. The standard InChI is InChI=1S/C13H16ClN3O/c1-2-7-18-13-4-3-10(14)8-12(13)15-9-11-5-6-16-17-11/h3-6,8,15H,2,7,9H2,1H3,(H,16,17). The fourth-order valence-electron chi connectivity index (χ4n) is 1.55. The Bertz CT molecular complexity index is 485. The molecule has 0 saturated heterocycles. The maximum absolute atomic E-state index is 6.00. The lowest BCUT2D eigenvalue weighted by Crippen LogP contribution is -2.03. The Kier molecular flexibility index (Phi) is 4.47. The van der Waals surface area contributed by atoms with Crippen molar-refractivity contribution in [3.63, 3.8) is 0 Å². The lowest BCUT2D eigenvalue weighted by atomic mass is 10.3. The monoisotopic (exact) mass is 265 g/mol. The van der Waals surface area contributed by atoms with Crippen molar-refractivity contribution < 1.29 is 4.74 Å². The topological polar surface area (TPSA) is 49.9 Å². The van der Waals surface area contributed by atoms with Crippen LogP contribution in [0.4, 0.5) is 5.69 Å². The highest BCUT2D eigenvalue weighted by molar-refractivity contribution is 6.30. The lowest BCUT2D eigenvalue weighted by Gasteiger charge is -2.12. The Balaban J connectivity index is 2.06. The van der Waals surface area contributed by atoms with Gasteiger partial charge in [-0.05, 0) is 30.7 Å². The first-order valence-corrected chi connectivity index (χ1v) is 6.32. The first kappa shape index (κ1) is 12.8. The van der Waals surface area contributed by atoms with Gasteiger partial charge < -0.3 is 10.1 Å². The summed E-state index contributed by atoms with van der Waals surface area (Å²) in [6.07, 6.45) is 2.70. The van der Waals surface area contributed by atoms with Crippen LogP contribution >= 0.6 is 11.6 Å². The van der Waals surface area contributed by atoms with E-state index in [-0.39, 0.29) is 0 Å². The number of ether oxygens (including phenoxy) is 1. The number of nitrogens with zero attached hydrogens (tertiary/aromatic N) is 1. The van der Waals surface area contributed by atoms with Crippen molar-refractivity contribution in [2.24, 2.45) is 0 Å². The Labute approximate surface area is 111 Å². The summed E-state index contributed by atoms with van der Waals surface area (Å²) in [6.45, 7) is 3.43. The molecule has 2 rings (SSSR count). The van der Waals surface area contributed by atoms with Crippen LogP contribution in [-0.4, -0.2) is 16.8 Å². The molecule has 1 aromatic heterocycles. The van der Waals surface area contributed by atoms with E-state index in [4.69, 9.17) is 16.3 Å². The fraction of sp³-hybridized carbons (Fsp3) is 0.308. The van der Waals surface area contributed by atoms with Gasteiger partial charge >= 0.3 is 0 Å². The molecule has 0 fully saturated rings. The van der Waals surface area contributed by atoms with Crippen LogP contribution in [0.15, 0.2) is 30.5 Å². The van der Waals surface area contributed by atoms with Crippen LogP contribution in [0.5, 0.6) is 5.75 Å². The summed E-state index contributed by atoms with van der Waals surface area (Å²) in [5.74, 6) is 0.820. The summed E-state index contributed by atoms with van der Waals surface area (Å²) in [4.78, 5) is 0. The molecule has 0 aliphatic heterocycles. The summed E-state index contributed by atoms with van der Waals surface area (Å²) in [5, 5.41) is 10.8. The number of benzene rings is 1. The molecule has 18 heavy (non-hydrogen) atoms. The number of hydrogen-bond acceptors (Lipinski definition) is 3. The van der Waals surface area contributed by atoms with E-state index in [1.54, 1.807) is 6.20 Å². The second-order valence-corrected chi connectivity index (χ2v) is 4.36. The summed E-state index contributed by atoms with van der Waals surface area (Å²) in [7, 11) is 0. The van der Waals surface area contributed by atoms with Crippen LogP contribution in [0.3, 0.4) is 0 Å². The highest BCUT2D eigenvalue weighted by Crippen LogP contribution is 2.28. The van der Waals surface area contributed by atoms with Gasteiger partial charge in [-0.1, -0.05) is 18.5 Å². The zero-order chi connectivity index (χ0) is 12.8. The predicted molar refractivity (Wildman–Crippen MR) is 73.2 cm³/mol. The molecule has 0 aliphatic carbocycles. The zero-order valence-corrected chi connectivity index (χ0v) is 11.0. The third-order valence-electron chi connectivity index (χ3n) is 2.43. The quantitative estimate of drug-likeness (QED) is 0.841. The van der Waals surface area contributed by atoms with Gasteiger partial charge in [0.1, 0.15) is 5.75 Å². The molecule has 1 heterocycles. The summed E-state index contributed by atoms with van der Waals surface area (Å²) in [5.41, 5.74) is 1.90. The second kappa shape index (κ2) is 6.31. The van der Waals surface area contributed by atoms with Crippen LogP contribution < -0.4 is 10.1 Å². The Morgan fingerprint density at radius 2 is 2.28 bits per heavy atom. The van der Waals surface area contributed by atoms with Gasteiger partial charge in [-0.2, -0.15) is 5.10 Å². The lowest BCUT2D eigenvalue weighted by molar-refractivity contribution is 0.319. The number of anilines is 1. The molecule has 0 spiro atoms. The minimum atomic E-state index is 0.656. The van der Waals surface area contributed by atoms with Gasteiger partial charge in [0.2, 0.25) is 0 Å². The van der Waals surface area contributed by atoms with Gasteiger partial charge in [0, 0.05) is 11.2 Å². The van der Waals surface area contributed by atoms with Gasteiger partial charge in [-0.3, -0.25) is 5.10 Å². The number of rotatable bonds is 6. The Morgan fingerprint density at radius 3 is 3.00 bits per heavy atom. The van der Waals surface area contributed by atoms with E-state index in [2.05, 4.69) is 22.4 Å². The van der Waals surface area contributed by atoms with Crippen molar-refractivity contribution in [1.82, 2.24) is 10.2 Å². The van der Waals surface area contributed by atoms with Crippen molar-refractivity contribution in [2.45, 2.75) is 19.9 Å². The predicted octanol–water partition coefficient (Wildman–Crippen LogP) is 3.46. The Hall–Kier alpha value is -1.68. The molecule has 5 heteroatoms. The van der Waals surface area contributed by atoms with Gasteiger partial charge in [-0.15, -0.1) is 0 Å². The highest BCUT2D eigenvalue weighted by Gasteiger charge is 2.05. The van der Waals surface area contributed by atoms with E-state index in [0.29, 0.717) is 18.2 Å². The van der Waals surface area contributed by atoms with Crippen molar-refractivity contribution in [1.29, 1.82) is 0 Å². The number of nitrogens with one attached hydrogen (secondary N) is 2. The molecule has 0 aliphatic rings. The van der Waals surface area contributed by atoms with Crippen LogP contribution in [0.1, 0.15) is 19.0 Å². The van der Waals surface area contributed by atoms with Crippen LogP contribution in [0.25, 0.3) is 0 Å². The molecular formula is C13H16ClN3O. The SMILES string of the molecule is CCCOc1ccc(Cl)cc1NCc1ccn[nH]1. The number of hydrogen-bond donors (Lipinski definition) is 2. The fourth-order valence-corrected chi connectivity index (χ4v) is 1.72. The van der Waals surface area contributed by atoms with E-state index in [1.807, 2.05) is 24.3 Å². The maximum Gasteiger partial charge on any atom is 0.142 e. The van der Waals surface area contributed by atoms with Gasteiger partial charge in [0.05, 0.1) is 24.5 Å². The van der Waals surface area contributed by atoms with Crippen LogP contribution in [0, 0.1) is 0 Å². The molecule has 0 saturated carbocycles. The molecule has 0 atom stereocenters. The highest BCUT2D eigenvalue weighted by atomic mass is 35.5. The molecule has 0 amide bonds. The van der Waals surface area contributed by atoms with Gasteiger partial charge in [0.25, 0.3) is 0 Å². The Morgan fingerprint density at radius 1 is 1.39 bits per heavy atom. The van der Waals surface area contributed by atoms with Gasteiger partial charge in [0.15, 0.2) is 0 Å². The molecule has 96 valence electrons. The van der Waals surface area contributed by atoms with Crippen LogP contribution in [0.2, 0.25) is 5.02 Å². The molecule has 0 radical (unpaired) electrons. The molecular weight excluding hydrogens is 250 g/mol. The average molecular weight is 266 g/mol. The normalized spacial score (nSPS) is 10.3. The molecule has 4 nitrogen and oxygen atoms in total. The third-order valence-corrected chi connectivity index (χ3v) is 2.67. The van der Waals surface area contributed by atoms with Crippen molar-refractivity contribution in [2.75, 3.05) is 11.9 Å². The maximum atomic E-state index is 6.00. The largest absolute Gasteiger partial charge is 0.491 e. The van der Waals surface area contributed by atoms with E-state index in [1.165, 1.54) is 0 Å². The van der Waals surface area contributed by atoms with E-state index in [0.717, 1.165) is 23.6 Å². The number of aromatic amines is 1. The number of halogens is 1. The van der Waals surface area contributed by atoms with E-state index < -0.39 is 0 Å². The number of H-pyrrole nitrogens is 1. The second-order valence-electron chi connectivity index (χ2n) is 3.92.